The van der Waals surface area contributed by atoms with Crippen LogP contribution in [0.25, 0.3) is 27.6 Å². The van der Waals surface area contributed by atoms with E-state index >= 15 is 0 Å². The van der Waals surface area contributed by atoms with E-state index in [4.69, 9.17) is 4.74 Å². The van der Waals surface area contributed by atoms with E-state index in [2.05, 4.69) is 86.1 Å². The lowest BCUT2D eigenvalue weighted by molar-refractivity contribution is -0.742. The maximum absolute atomic E-state index is 13.0. The summed E-state index contributed by atoms with van der Waals surface area (Å²) < 4.78 is 10.2. The summed E-state index contributed by atoms with van der Waals surface area (Å²) in [4.78, 5) is 13.0. The predicted octanol–water partition coefficient (Wildman–Crippen LogP) is 6.73. The summed E-state index contributed by atoms with van der Waals surface area (Å²) in [5.41, 5.74) is 6.28. The number of unbranched alkanes of at least 4 members (excludes halogenated alkanes) is 1. The molecule has 4 nitrogen and oxygen atoms in total. The maximum atomic E-state index is 13.0. The predicted molar refractivity (Wildman–Crippen MR) is 153 cm³/mol. The highest BCUT2D eigenvalue weighted by molar-refractivity contribution is 5.97. The fourth-order valence-electron chi connectivity index (χ4n) is 5.82. The van der Waals surface area contributed by atoms with Crippen LogP contribution in [0.2, 0.25) is 0 Å². The molecule has 1 aliphatic heterocycles. The Morgan fingerprint density at radius 3 is 2.39 bits per heavy atom. The summed E-state index contributed by atoms with van der Waals surface area (Å²) in [6.45, 7) is 6.96. The SMILES string of the molecule is CCCCc1ccc2c3[n+](ccc2c1)C(CC)(CC)C=C(COC(=O)c1cccc[n+]1C)c1ccccc1-3. The average molecular weight is 507 g/mol. The van der Waals surface area contributed by atoms with Crippen molar-refractivity contribution in [3.05, 3.63) is 102 Å². The Bertz CT molecular complexity index is 1510. The Labute approximate surface area is 226 Å². The average Bonchev–Trinajstić information content (AvgIpc) is 3.08. The molecule has 4 heteroatoms. The van der Waals surface area contributed by atoms with E-state index in [0.717, 1.165) is 30.4 Å². The van der Waals surface area contributed by atoms with Gasteiger partial charge in [0.15, 0.2) is 17.9 Å². The Morgan fingerprint density at radius 2 is 1.66 bits per heavy atom. The number of allylic oxidation sites excluding steroid dienone is 1. The molecule has 1 aliphatic rings. The third-order valence-electron chi connectivity index (χ3n) is 8.13. The number of hydrogen-bond acceptors (Lipinski definition) is 2. The molecule has 2 aromatic heterocycles. The van der Waals surface area contributed by atoms with Crippen LogP contribution in [0.3, 0.4) is 0 Å². The number of aromatic nitrogens is 2. The first kappa shape index (κ1) is 25.8. The number of carbonyl (C=O) groups excluding carboxylic acids is 1. The number of fused-ring (bicyclic) bond motifs is 5. The van der Waals surface area contributed by atoms with Crippen LogP contribution >= 0.6 is 0 Å². The molecule has 0 saturated carbocycles. The number of ether oxygens (including phenoxy) is 1. The molecule has 0 saturated heterocycles. The zero-order valence-electron chi connectivity index (χ0n) is 23.0. The molecule has 0 spiro atoms. The van der Waals surface area contributed by atoms with E-state index in [0.29, 0.717) is 5.69 Å². The zero-order chi connectivity index (χ0) is 26.7. The molecule has 0 atom stereocenters. The first-order chi connectivity index (χ1) is 18.5. The van der Waals surface area contributed by atoms with Gasteiger partial charge in [-0.05, 0) is 53.6 Å². The van der Waals surface area contributed by atoms with Crippen molar-refractivity contribution in [3.8, 4) is 11.3 Å². The van der Waals surface area contributed by atoms with Crippen LogP contribution in [0.1, 0.15) is 68.1 Å². The highest BCUT2D eigenvalue weighted by Gasteiger charge is 2.41. The molecular weight excluding hydrogens is 468 g/mol. The maximum Gasteiger partial charge on any atom is 0.403 e. The summed E-state index contributed by atoms with van der Waals surface area (Å²) in [7, 11) is 1.86. The van der Waals surface area contributed by atoms with E-state index in [1.54, 1.807) is 10.6 Å². The van der Waals surface area contributed by atoms with Gasteiger partial charge in [-0.25, -0.2) is 4.79 Å². The fourth-order valence-corrected chi connectivity index (χ4v) is 5.82. The molecule has 0 bridgehead atoms. The molecule has 0 unspecified atom stereocenters. The van der Waals surface area contributed by atoms with Gasteiger partial charge in [0, 0.05) is 36.6 Å². The monoisotopic (exact) mass is 506 g/mol. The molecular formula is C34H38N2O2+2. The number of rotatable bonds is 8. The van der Waals surface area contributed by atoms with E-state index < -0.39 is 0 Å². The van der Waals surface area contributed by atoms with Gasteiger partial charge in [0.1, 0.15) is 13.7 Å². The van der Waals surface area contributed by atoms with Gasteiger partial charge in [-0.15, -0.1) is 0 Å². The number of esters is 1. The fraction of sp³-hybridized carbons (Fsp3) is 0.324. The molecule has 4 aromatic rings. The van der Waals surface area contributed by atoms with E-state index in [-0.39, 0.29) is 18.1 Å². The smallest absolute Gasteiger partial charge is 0.403 e. The molecule has 194 valence electrons. The number of pyridine rings is 2. The zero-order valence-corrected chi connectivity index (χ0v) is 23.0. The van der Waals surface area contributed by atoms with Gasteiger partial charge in [-0.1, -0.05) is 57.5 Å². The highest BCUT2D eigenvalue weighted by atomic mass is 16.5. The van der Waals surface area contributed by atoms with Crippen molar-refractivity contribution >= 4 is 22.3 Å². The van der Waals surface area contributed by atoms with Crippen molar-refractivity contribution < 1.29 is 18.7 Å². The summed E-state index contributed by atoms with van der Waals surface area (Å²) in [6, 6.07) is 23.3. The van der Waals surface area contributed by atoms with Gasteiger partial charge < -0.3 is 4.74 Å². The van der Waals surface area contributed by atoms with Crippen LogP contribution in [-0.2, 0) is 23.7 Å². The lowest BCUT2D eigenvalue weighted by Crippen LogP contribution is -2.55. The Morgan fingerprint density at radius 1 is 0.895 bits per heavy atom. The Hall–Kier alpha value is -3.79. The third-order valence-corrected chi connectivity index (χ3v) is 8.13. The second kappa shape index (κ2) is 10.9. The van der Waals surface area contributed by atoms with Crippen molar-refractivity contribution in [3.63, 3.8) is 0 Å². The number of hydrogen-bond donors (Lipinski definition) is 0. The minimum Gasteiger partial charge on any atom is -0.453 e. The summed E-state index contributed by atoms with van der Waals surface area (Å²) in [6.07, 6.45) is 11.8. The van der Waals surface area contributed by atoms with Crippen LogP contribution in [0.4, 0.5) is 0 Å². The van der Waals surface area contributed by atoms with Gasteiger partial charge >= 0.3 is 5.97 Å². The molecule has 0 amide bonds. The van der Waals surface area contributed by atoms with Crippen molar-refractivity contribution in [2.75, 3.05) is 6.61 Å². The van der Waals surface area contributed by atoms with Crippen LogP contribution in [0, 0.1) is 0 Å². The lowest BCUT2D eigenvalue weighted by atomic mass is 9.89. The molecule has 0 fully saturated rings. The first-order valence-electron chi connectivity index (χ1n) is 13.9. The summed E-state index contributed by atoms with van der Waals surface area (Å²) in [5, 5.41) is 2.53. The van der Waals surface area contributed by atoms with Crippen LogP contribution < -0.4 is 9.13 Å². The number of nitrogens with zero attached hydrogens (tertiary/aromatic N) is 2. The quantitative estimate of drug-likeness (QED) is 0.196. The normalized spacial score (nSPS) is 13.8. The second-order valence-electron chi connectivity index (χ2n) is 10.4. The molecule has 0 aliphatic carbocycles. The Balaban J connectivity index is 1.64. The highest BCUT2D eigenvalue weighted by Crippen LogP contribution is 2.39. The topological polar surface area (TPSA) is 34.1 Å². The third kappa shape index (κ3) is 4.64. The second-order valence-corrected chi connectivity index (χ2v) is 10.4. The largest absolute Gasteiger partial charge is 0.453 e. The molecule has 0 radical (unpaired) electrons. The van der Waals surface area contributed by atoms with Crippen LogP contribution in [0.5, 0.6) is 0 Å². The summed E-state index contributed by atoms with van der Waals surface area (Å²) in [5.74, 6) is -0.315. The van der Waals surface area contributed by atoms with Crippen LogP contribution in [-0.4, -0.2) is 12.6 Å². The van der Waals surface area contributed by atoms with Gasteiger partial charge in [-0.2, -0.15) is 9.13 Å². The molecule has 5 rings (SSSR count). The Kier molecular flexibility index (Phi) is 7.42. The van der Waals surface area contributed by atoms with E-state index in [1.165, 1.54) is 40.4 Å². The standard InChI is InChI=1S/C34H38N2O2/c1-5-8-13-25-17-18-29-26(22-25)19-21-36-32(29)30-15-10-9-14-28(30)27(23-34(36,6-2)7-3)24-38-33(37)31-16-11-12-20-35(31)4/h9-12,14-23H,5-8,13,24H2,1-4H3/q+2. The molecule has 3 heterocycles. The van der Waals surface area contributed by atoms with Gasteiger partial charge in [0.2, 0.25) is 5.69 Å². The number of carbonyl (C=O) groups is 1. The van der Waals surface area contributed by atoms with Crippen molar-refractivity contribution in [2.45, 2.75) is 58.4 Å². The van der Waals surface area contributed by atoms with Crippen molar-refractivity contribution in [2.24, 2.45) is 7.05 Å². The van der Waals surface area contributed by atoms with E-state index in [1.807, 2.05) is 25.4 Å². The molecule has 38 heavy (non-hydrogen) atoms. The summed E-state index contributed by atoms with van der Waals surface area (Å²) >= 11 is 0. The van der Waals surface area contributed by atoms with E-state index in [9.17, 15) is 4.79 Å². The van der Waals surface area contributed by atoms with Gasteiger partial charge in [0.05, 0.1) is 10.9 Å². The first-order valence-corrected chi connectivity index (χ1v) is 13.9. The lowest BCUT2D eigenvalue weighted by Gasteiger charge is -2.25. The van der Waals surface area contributed by atoms with Crippen molar-refractivity contribution in [1.82, 2.24) is 0 Å². The molecule has 0 N–H and O–H groups in total. The minimum atomic E-state index is -0.315. The number of benzene rings is 2. The van der Waals surface area contributed by atoms with Gasteiger partial charge in [-0.3, -0.25) is 0 Å². The molecule has 2 aromatic carbocycles. The van der Waals surface area contributed by atoms with Crippen molar-refractivity contribution in [1.29, 1.82) is 0 Å². The van der Waals surface area contributed by atoms with Gasteiger partial charge in [0.25, 0.3) is 5.69 Å². The van der Waals surface area contributed by atoms with Crippen LogP contribution in [0.15, 0.2) is 85.2 Å². The minimum absolute atomic E-state index is 0.222. The number of aryl methyl sites for hydroxylation is 2.